The van der Waals surface area contributed by atoms with Crippen molar-refractivity contribution < 1.29 is 19.1 Å². The first-order chi connectivity index (χ1) is 13.7. The number of morpholine rings is 1. The quantitative estimate of drug-likeness (QED) is 0.805. The standard InChI is InChI=1S/C20H20N2O4.C2H6/c23-19-16-2-1-3-17(18(16)20(24)21-19)26-13-15-6-4-14(5-7-15)12-22-8-10-25-11-9-22;1-2/h1-7H,8-13H2,(H,21,23,24);1-2H3. The van der Waals surface area contributed by atoms with E-state index in [1.807, 2.05) is 26.0 Å². The maximum Gasteiger partial charge on any atom is 0.262 e. The van der Waals surface area contributed by atoms with Crippen LogP contribution in [0.1, 0.15) is 45.7 Å². The molecule has 0 aromatic heterocycles. The van der Waals surface area contributed by atoms with E-state index in [-0.39, 0.29) is 5.91 Å². The smallest absolute Gasteiger partial charge is 0.262 e. The summed E-state index contributed by atoms with van der Waals surface area (Å²) >= 11 is 0. The molecule has 0 bridgehead atoms. The summed E-state index contributed by atoms with van der Waals surface area (Å²) in [4.78, 5) is 26.0. The van der Waals surface area contributed by atoms with Crippen LogP contribution in [-0.4, -0.2) is 43.0 Å². The van der Waals surface area contributed by atoms with Gasteiger partial charge in [-0.2, -0.15) is 0 Å². The van der Waals surface area contributed by atoms with Gasteiger partial charge in [0.05, 0.1) is 24.3 Å². The van der Waals surface area contributed by atoms with Gasteiger partial charge in [-0.25, -0.2) is 0 Å². The molecule has 2 amide bonds. The fraction of sp³-hybridized carbons (Fsp3) is 0.364. The SMILES string of the molecule is CC.O=C1NC(=O)c2c(OCc3ccc(CN4CCOCC4)cc3)cccc21. The summed E-state index contributed by atoms with van der Waals surface area (Å²) < 4.78 is 11.2. The number of ether oxygens (including phenoxy) is 2. The number of rotatable bonds is 5. The highest BCUT2D eigenvalue weighted by molar-refractivity contribution is 6.22. The molecule has 2 aliphatic rings. The van der Waals surface area contributed by atoms with Crippen LogP contribution in [-0.2, 0) is 17.9 Å². The van der Waals surface area contributed by atoms with Crippen molar-refractivity contribution in [1.29, 1.82) is 0 Å². The molecule has 28 heavy (non-hydrogen) atoms. The minimum absolute atomic E-state index is 0.321. The van der Waals surface area contributed by atoms with Crippen LogP contribution < -0.4 is 10.1 Å². The van der Waals surface area contributed by atoms with Crippen molar-refractivity contribution in [2.24, 2.45) is 0 Å². The van der Waals surface area contributed by atoms with Crippen molar-refractivity contribution in [3.05, 3.63) is 64.7 Å². The first-order valence-electron chi connectivity index (χ1n) is 9.70. The second-order valence-electron chi connectivity index (χ2n) is 6.46. The Bertz CT molecular complexity index is 827. The van der Waals surface area contributed by atoms with Crippen LogP contribution in [0, 0.1) is 0 Å². The molecular weight excluding hydrogens is 356 g/mol. The number of carbonyl (C=O) groups excluding carboxylic acids is 2. The average Bonchev–Trinajstić information content (AvgIpc) is 3.04. The number of amides is 2. The first-order valence-corrected chi connectivity index (χ1v) is 9.70. The largest absolute Gasteiger partial charge is 0.488 e. The summed E-state index contributed by atoms with van der Waals surface area (Å²) in [5, 5.41) is 2.30. The normalized spacial score (nSPS) is 16.1. The summed E-state index contributed by atoms with van der Waals surface area (Å²) in [6.45, 7) is 8.77. The van der Waals surface area contributed by atoms with E-state index < -0.39 is 5.91 Å². The molecule has 1 fully saturated rings. The zero-order valence-electron chi connectivity index (χ0n) is 16.4. The van der Waals surface area contributed by atoms with Crippen LogP contribution in [0.5, 0.6) is 5.75 Å². The highest BCUT2D eigenvalue weighted by atomic mass is 16.5. The lowest BCUT2D eigenvalue weighted by atomic mass is 10.1. The van der Waals surface area contributed by atoms with Crippen molar-refractivity contribution in [2.75, 3.05) is 26.3 Å². The Labute approximate surface area is 165 Å². The molecule has 0 radical (unpaired) electrons. The number of imide groups is 1. The lowest BCUT2D eigenvalue weighted by Gasteiger charge is -2.26. The summed E-state index contributed by atoms with van der Waals surface area (Å²) in [6, 6.07) is 13.3. The van der Waals surface area contributed by atoms with Crippen molar-refractivity contribution in [3.63, 3.8) is 0 Å². The van der Waals surface area contributed by atoms with Crippen LogP contribution >= 0.6 is 0 Å². The van der Waals surface area contributed by atoms with E-state index >= 15 is 0 Å². The summed E-state index contributed by atoms with van der Waals surface area (Å²) in [6.07, 6.45) is 0. The van der Waals surface area contributed by atoms with E-state index in [4.69, 9.17) is 9.47 Å². The number of hydrogen-bond acceptors (Lipinski definition) is 5. The molecule has 1 saturated heterocycles. The summed E-state index contributed by atoms with van der Waals surface area (Å²) in [7, 11) is 0. The maximum atomic E-state index is 11.9. The molecule has 148 valence electrons. The molecule has 0 saturated carbocycles. The molecule has 6 heteroatoms. The van der Waals surface area contributed by atoms with Gasteiger partial charge in [0.15, 0.2) is 0 Å². The van der Waals surface area contributed by atoms with Gasteiger partial charge in [-0.05, 0) is 23.3 Å². The van der Waals surface area contributed by atoms with E-state index in [1.54, 1.807) is 18.2 Å². The molecule has 0 aliphatic carbocycles. The van der Waals surface area contributed by atoms with Crippen LogP contribution in [0.15, 0.2) is 42.5 Å². The van der Waals surface area contributed by atoms with E-state index in [9.17, 15) is 9.59 Å². The highest BCUT2D eigenvalue weighted by Crippen LogP contribution is 2.27. The number of benzene rings is 2. The Hall–Kier alpha value is -2.70. The average molecular weight is 382 g/mol. The van der Waals surface area contributed by atoms with Gasteiger partial charge < -0.3 is 9.47 Å². The molecule has 1 N–H and O–H groups in total. The van der Waals surface area contributed by atoms with E-state index in [1.165, 1.54) is 5.56 Å². The molecule has 0 unspecified atom stereocenters. The Balaban J connectivity index is 0.00000109. The molecule has 4 rings (SSSR count). The molecular formula is C22H26N2O4. The first kappa shape index (κ1) is 20.0. The van der Waals surface area contributed by atoms with Gasteiger partial charge in [0, 0.05) is 19.6 Å². The number of carbonyl (C=O) groups is 2. The minimum atomic E-state index is -0.401. The Morgan fingerprint density at radius 3 is 2.36 bits per heavy atom. The van der Waals surface area contributed by atoms with Gasteiger partial charge in [0.2, 0.25) is 0 Å². The van der Waals surface area contributed by atoms with Gasteiger partial charge in [-0.1, -0.05) is 44.2 Å². The molecule has 0 spiro atoms. The molecule has 2 aromatic carbocycles. The summed E-state index contributed by atoms with van der Waals surface area (Å²) in [5.41, 5.74) is 2.95. The van der Waals surface area contributed by atoms with Gasteiger partial charge in [0.25, 0.3) is 11.8 Å². The van der Waals surface area contributed by atoms with Crippen LogP contribution in [0.4, 0.5) is 0 Å². The van der Waals surface area contributed by atoms with Crippen LogP contribution in [0.25, 0.3) is 0 Å². The van der Waals surface area contributed by atoms with E-state index in [0.29, 0.717) is 23.5 Å². The predicted molar refractivity (Wildman–Crippen MR) is 106 cm³/mol. The third-order valence-corrected chi connectivity index (χ3v) is 4.65. The fourth-order valence-corrected chi connectivity index (χ4v) is 3.23. The van der Waals surface area contributed by atoms with Crippen molar-refractivity contribution in [1.82, 2.24) is 10.2 Å². The number of nitrogens with zero attached hydrogens (tertiary/aromatic N) is 1. The third kappa shape index (κ3) is 4.58. The van der Waals surface area contributed by atoms with Crippen molar-refractivity contribution in [3.8, 4) is 5.75 Å². The number of fused-ring (bicyclic) bond motifs is 1. The number of nitrogens with one attached hydrogen (secondary N) is 1. The Kier molecular flexibility index (Phi) is 6.79. The second kappa shape index (κ2) is 9.48. The lowest BCUT2D eigenvalue weighted by Crippen LogP contribution is -2.35. The third-order valence-electron chi connectivity index (χ3n) is 4.65. The predicted octanol–water partition coefficient (Wildman–Crippen LogP) is 3.01. The lowest BCUT2D eigenvalue weighted by molar-refractivity contribution is 0.0342. The maximum absolute atomic E-state index is 11.9. The van der Waals surface area contributed by atoms with Gasteiger partial charge in [0.1, 0.15) is 12.4 Å². The second-order valence-corrected chi connectivity index (χ2v) is 6.46. The molecule has 0 atom stereocenters. The number of hydrogen-bond donors (Lipinski definition) is 1. The van der Waals surface area contributed by atoms with E-state index in [0.717, 1.165) is 38.4 Å². The summed E-state index contributed by atoms with van der Waals surface area (Å²) in [5.74, 6) is -0.340. The van der Waals surface area contributed by atoms with Gasteiger partial charge >= 0.3 is 0 Å². The zero-order valence-corrected chi connectivity index (χ0v) is 16.4. The van der Waals surface area contributed by atoms with Crippen molar-refractivity contribution >= 4 is 11.8 Å². The van der Waals surface area contributed by atoms with E-state index in [2.05, 4.69) is 22.3 Å². The Morgan fingerprint density at radius 2 is 1.64 bits per heavy atom. The minimum Gasteiger partial charge on any atom is -0.488 e. The monoisotopic (exact) mass is 382 g/mol. The highest BCUT2D eigenvalue weighted by Gasteiger charge is 2.30. The molecule has 2 aliphatic heterocycles. The zero-order chi connectivity index (χ0) is 19.9. The van der Waals surface area contributed by atoms with Crippen LogP contribution in [0.2, 0.25) is 0 Å². The molecule has 2 aromatic rings. The van der Waals surface area contributed by atoms with Crippen LogP contribution in [0.3, 0.4) is 0 Å². The molecule has 6 nitrogen and oxygen atoms in total. The van der Waals surface area contributed by atoms with Gasteiger partial charge in [-0.15, -0.1) is 0 Å². The van der Waals surface area contributed by atoms with Gasteiger partial charge in [-0.3, -0.25) is 19.8 Å². The Morgan fingerprint density at radius 1 is 0.964 bits per heavy atom. The topological polar surface area (TPSA) is 67.9 Å². The molecule has 2 heterocycles. The fourth-order valence-electron chi connectivity index (χ4n) is 3.23. The van der Waals surface area contributed by atoms with Crippen molar-refractivity contribution in [2.45, 2.75) is 27.0 Å².